The van der Waals surface area contributed by atoms with Gasteiger partial charge in [-0.1, -0.05) is 11.6 Å². The first-order valence-electron chi connectivity index (χ1n) is 7.59. The molecule has 120 valence electrons. The number of anilines is 1. The topological polar surface area (TPSA) is 49.9 Å². The maximum atomic E-state index is 12.1. The van der Waals surface area contributed by atoms with E-state index in [-0.39, 0.29) is 6.09 Å². The molecule has 2 rings (SSSR count). The third-order valence-electron chi connectivity index (χ3n) is 3.58. The fraction of sp³-hybridized carbons (Fsp3) is 0.529. The van der Waals surface area contributed by atoms with Gasteiger partial charge in [-0.25, -0.2) is 4.79 Å². The number of piperazine rings is 1. The molecular weight excluding hydrogens is 280 g/mol. The molecule has 22 heavy (non-hydrogen) atoms. The van der Waals surface area contributed by atoms with Crippen molar-refractivity contribution in [2.75, 3.05) is 31.1 Å². The summed E-state index contributed by atoms with van der Waals surface area (Å²) in [4.78, 5) is 27.2. The van der Waals surface area contributed by atoms with Gasteiger partial charge in [-0.15, -0.1) is 0 Å². The summed E-state index contributed by atoms with van der Waals surface area (Å²) in [6.45, 7) is 10.2. The van der Waals surface area contributed by atoms with Gasteiger partial charge in [-0.2, -0.15) is 0 Å². The molecule has 1 saturated heterocycles. The lowest BCUT2D eigenvalue weighted by Crippen LogP contribution is -2.50. The molecular formula is C17H24N2O3. The zero-order valence-electron chi connectivity index (χ0n) is 13.8. The van der Waals surface area contributed by atoms with Crippen LogP contribution in [0.4, 0.5) is 10.5 Å². The lowest BCUT2D eigenvalue weighted by molar-refractivity contribution is 0.0240. The molecule has 0 radical (unpaired) electrons. The summed E-state index contributed by atoms with van der Waals surface area (Å²) in [5.74, 6) is 0. The van der Waals surface area contributed by atoms with Gasteiger partial charge in [0, 0.05) is 37.4 Å². The third kappa shape index (κ3) is 4.00. The Bertz CT molecular complexity index is 556. The van der Waals surface area contributed by atoms with E-state index in [9.17, 15) is 9.59 Å². The maximum Gasteiger partial charge on any atom is 0.410 e. The fourth-order valence-corrected chi connectivity index (χ4v) is 2.51. The van der Waals surface area contributed by atoms with Crippen LogP contribution in [-0.4, -0.2) is 49.1 Å². The quantitative estimate of drug-likeness (QED) is 0.788. The molecule has 0 spiro atoms. The van der Waals surface area contributed by atoms with Gasteiger partial charge >= 0.3 is 6.09 Å². The molecule has 1 aliphatic rings. The number of benzene rings is 1. The van der Waals surface area contributed by atoms with Gasteiger partial charge < -0.3 is 14.5 Å². The van der Waals surface area contributed by atoms with Crippen LogP contribution in [0.1, 0.15) is 36.7 Å². The van der Waals surface area contributed by atoms with Crippen molar-refractivity contribution in [1.29, 1.82) is 0 Å². The molecule has 0 aromatic heterocycles. The minimum Gasteiger partial charge on any atom is -0.444 e. The van der Waals surface area contributed by atoms with Gasteiger partial charge in [0.1, 0.15) is 5.60 Å². The van der Waals surface area contributed by atoms with Crippen LogP contribution in [0, 0.1) is 6.92 Å². The Morgan fingerprint density at radius 1 is 1.18 bits per heavy atom. The number of aldehydes is 1. The summed E-state index contributed by atoms with van der Waals surface area (Å²) in [7, 11) is 0. The van der Waals surface area contributed by atoms with E-state index in [1.807, 2.05) is 45.9 Å². The Labute approximate surface area is 131 Å². The van der Waals surface area contributed by atoms with E-state index in [4.69, 9.17) is 4.74 Å². The highest BCUT2D eigenvalue weighted by atomic mass is 16.6. The van der Waals surface area contributed by atoms with Crippen LogP contribution in [0.5, 0.6) is 0 Å². The summed E-state index contributed by atoms with van der Waals surface area (Å²) in [5.41, 5.74) is 2.23. The fourth-order valence-electron chi connectivity index (χ4n) is 2.51. The molecule has 0 N–H and O–H groups in total. The van der Waals surface area contributed by atoms with Crippen LogP contribution < -0.4 is 4.90 Å². The van der Waals surface area contributed by atoms with E-state index < -0.39 is 5.60 Å². The predicted molar refractivity (Wildman–Crippen MR) is 86.6 cm³/mol. The van der Waals surface area contributed by atoms with Crippen LogP contribution in [0.3, 0.4) is 0 Å². The van der Waals surface area contributed by atoms with Crippen molar-refractivity contribution >= 4 is 18.1 Å². The molecule has 1 amide bonds. The third-order valence-corrected chi connectivity index (χ3v) is 3.58. The number of hydrogen-bond acceptors (Lipinski definition) is 4. The average molecular weight is 304 g/mol. The van der Waals surface area contributed by atoms with Gasteiger partial charge in [0.15, 0.2) is 6.29 Å². The Morgan fingerprint density at radius 3 is 2.36 bits per heavy atom. The highest BCUT2D eigenvalue weighted by Crippen LogP contribution is 2.22. The van der Waals surface area contributed by atoms with Gasteiger partial charge in [0.25, 0.3) is 0 Å². The van der Waals surface area contributed by atoms with Crippen LogP contribution in [0.25, 0.3) is 0 Å². The van der Waals surface area contributed by atoms with Crippen molar-refractivity contribution in [3.05, 3.63) is 29.3 Å². The molecule has 0 atom stereocenters. The number of aryl methyl sites for hydroxylation is 1. The first-order valence-corrected chi connectivity index (χ1v) is 7.59. The molecule has 1 fully saturated rings. The van der Waals surface area contributed by atoms with Crippen molar-refractivity contribution in [3.8, 4) is 0 Å². The van der Waals surface area contributed by atoms with Gasteiger partial charge in [-0.3, -0.25) is 4.79 Å². The normalized spacial score (nSPS) is 15.6. The Kier molecular flexibility index (Phi) is 4.74. The SMILES string of the molecule is Cc1ccc(N2CCN(C(=O)OC(C)(C)C)CC2)c(C=O)c1. The van der Waals surface area contributed by atoms with Gasteiger partial charge in [0.2, 0.25) is 0 Å². The van der Waals surface area contributed by atoms with E-state index >= 15 is 0 Å². The lowest BCUT2D eigenvalue weighted by atomic mass is 10.1. The zero-order valence-corrected chi connectivity index (χ0v) is 13.8. The Hall–Kier alpha value is -2.04. The number of amides is 1. The molecule has 0 bridgehead atoms. The summed E-state index contributed by atoms with van der Waals surface area (Å²) >= 11 is 0. The second-order valence-electron chi connectivity index (χ2n) is 6.63. The van der Waals surface area contributed by atoms with Crippen LogP contribution in [0.15, 0.2) is 18.2 Å². The Morgan fingerprint density at radius 2 is 1.82 bits per heavy atom. The molecule has 1 heterocycles. The average Bonchev–Trinajstić information content (AvgIpc) is 2.45. The van der Waals surface area contributed by atoms with E-state index in [1.54, 1.807) is 4.90 Å². The number of ether oxygens (including phenoxy) is 1. The molecule has 5 heteroatoms. The first kappa shape index (κ1) is 16.3. The molecule has 0 saturated carbocycles. The first-order chi connectivity index (χ1) is 10.3. The van der Waals surface area contributed by atoms with Crippen LogP contribution >= 0.6 is 0 Å². The summed E-state index contributed by atoms with van der Waals surface area (Å²) < 4.78 is 5.39. The molecule has 1 aromatic rings. The number of carbonyl (C=O) groups is 2. The van der Waals surface area contributed by atoms with Crippen molar-refractivity contribution in [2.45, 2.75) is 33.3 Å². The molecule has 1 aromatic carbocycles. The van der Waals surface area contributed by atoms with E-state index in [0.29, 0.717) is 31.7 Å². The van der Waals surface area contributed by atoms with Crippen molar-refractivity contribution in [3.63, 3.8) is 0 Å². The van der Waals surface area contributed by atoms with Gasteiger partial charge in [0.05, 0.1) is 0 Å². The lowest BCUT2D eigenvalue weighted by Gasteiger charge is -2.37. The van der Waals surface area contributed by atoms with Crippen LogP contribution in [0.2, 0.25) is 0 Å². The number of rotatable bonds is 2. The minimum absolute atomic E-state index is 0.272. The van der Waals surface area contributed by atoms with E-state index in [1.165, 1.54) is 0 Å². The second-order valence-corrected chi connectivity index (χ2v) is 6.63. The monoisotopic (exact) mass is 304 g/mol. The van der Waals surface area contributed by atoms with Crippen molar-refractivity contribution in [2.24, 2.45) is 0 Å². The van der Waals surface area contributed by atoms with E-state index in [2.05, 4.69) is 4.90 Å². The number of carbonyl (C=O) groups excluding carboxylic acids is 2. The Balaban J connectivity index is 2.01. The van der Waals surface area contributed by atoms with Crippen LogP contribution in [-0.2, 0) is 4.74 Å². The smallest absolute Gasteiger partial charge is 0.410 e. The number of nitrogens with zero attached hydrogens (tertiary/aromatic N) is 2. The molecule has 5 nitrogen and oxygen atoms in total. The minimum atomic E-state index is -0.476. The number of hydrogen-bond donors (Lipinski definition) is 0. The highest BCUT2D eigenvalue weighted by Gasteiger charge is 2.26. The molecule has 0 aliphatic carbocycles. The van der Waals surface area contributed by atoms with Crippen molar-refractivity contribution in [1.82, 2.24) is 4.90 Å². The highest BCUT2D eigenvalue weighted by molar-refractivity contribution is 5.85. The maximum absolute atomic E-state index is 12.1. The summed E-state index contributed by atoms with van der Waals surface area (Å²) in [6.07, 6.45) is 0.620. The molecule has 0 unspecified atom stereocenters. The largest absolute Gasteiger partial charge is 0.444 e. The van der Waals surface area contributed by atoms with Gasteiger partial charge in [-0.05, 0) is 39.8 Å². The van der Waals surface area contributed by atoms with E-state index in [0.717, 1.165) is 17.5 Å². The standard InChI is InChI=1S/C17H24N2O3/c1-13-5-6-15(14(11-13)12-20)18-7-9-19(10-8-18)16(21)22-17(2,3)4/h5-6,11-12H,7-10H2,1-4H3. The summed E-state index contributed by atoms with van der Waals surface area (Å²) in [5, 5.41) is 0. The molecule has 1 aliphatic heterocycles. The summed E-state index contributed by atoms with van der Waals surface area (Å²) in [6, 6.07) is 5.87. The second kappa shape index (κ2) is 6.38. The predicted octanol–water partition coefficient (Wildman–Crippen LogP) is 2.86. The van der Waals surface area contributed by atoms with Crippen molar-refractivity contribution < 1.29 is 14.3 Å². The zero-order chi connectivity index (χ0) is 16.3.